The van der Waals surface area contributed by atoms with E-state index < -0.39 is 0 Å². The third kappa shape index (κ3) is 2.21. The van der Waals surface area contributed by atoms with Gasteiger partial charge in [-0.15, -0.1) is 0 Å². The Labute approximate surface area is 140 Å². The number of allylic oxidation sites excluding steroid dienone is 4. The highest BCUT2D eigenvalue weighted by atomic mass is 16.5. The van der Waals surface area contributed by atoms with Gasteiger partial charge in [-0.25, -0.2) is 0 Å². The lowest BCUT2D eigenvalue weighted by molar-refractivity contribution is 0.338. The van der Waals surface area contributed by atoms with Gasteiger partial charge in [-0.05, 0) is 89.5 Å². The molecule has 23 heavy (non-hydrogen) atoms. The topological polar surface area (TPSA) is 9.23 Å². The molecule has 0 aliphatic heterocycles. The first-order valence-corrected chi connectivity index (χ1v) is 8.48. The molecule has 2 bridgehead atoms. The van der Waals surface area contributed by atoms with Crippen LogP contribution in [0.4, 0.5) is 0 Å². The predicted octanol–water partition coefficient (Wildman–Crippen LogP) is 6.02. The van der Waals surface area contributed by atoms with Gasteiger partial charge in [0.2, 0.25) is 0 Å². The zero-order chi connectivity index (χ0) is 17.0. The molecule has 1 aromatic carbocycles. The number of methoxy groups -OCH3 is 1. The summed E-state index contributed by atoms with van der Waals surface area (Å²) in [7, 11) is 1.73. The molecule has 0 heterocycles. The van der Waals surface area contributed by atoms with E-state index in [2.05, 4.69) is 59.1 Å². The minimum atomic E-state index is 0.218. The van der Waals surface area contributed by atoms with Gasteiger partial charge >= 0.3 is 0 Å². The Kier molecular flexibility index (Phi) is 3.59. The summed E-state index contributed by atoms with van der Waals surface area (Å²) in [6.07, 6.45) is 5.71. The van der Waals surface area contributed by atoms with Gasteiger partial charge in [0.15, 0.2) is 0 Å². The van der Waals surface area contributed by atoms with Gasteiger partial charge < -0.3 is 4.74 Å². The van der Waals surface area contributed by atoms with Crippen molar-refractivity contribution in [2.45, 2.75) is 47.0 Å². The summed E-state index contributed by atoms with van der Waals surface area (Å²) in [5.74, 6) is 0.923. The number of hydrogen-bond donors (Lipinski definition) is 0. The number of fused-ring (bicyclic) bond motifs is 2. The fourth-order valence-electron chi connectivity index (χ4n) is 4.91. The Morgan fingerprint density at radius 2 is 1.65 bits per heavy atom. The molecule has 2 unspecified atom stereocenters. The van der Waals surface area contributed by atoms with Crippen LogP contribution in [0.15, 0.2) is 42.5 Å². The molecule has 1 saturated carbocycles. The zero-order valence-electron chi connectivity index (χ0n) is 15.2. The highest BCUT2D eigenvalue weighted by Crippen LogP contribution is 2.64. The third-order valence-electron chi connectivity index (χ3n) is 6.15. The first kappa shape index (κ1) is 16.1. The lowest BCUT2D eigenvalue weighted by atomic mass is 9.63. The standard InChI is InChI=1S/C22H28O/c1-8-18-20(16(4)21(5)9-10-22(18,6)13-21)19-14(2)11-17(23-7)12-15(19)3/h8,11-12H,1,4,9-10,13H2,2-3,5-7H3. The van der Waals surface area contributed by atoms with Gasteiger partial charge in [0.05, 0.1) is 7.11 Å². The van der Waals surface area contributed by atoms with Crippen LogP contribution in [0.5, 0.6) is 5.75 Å². The smallest absolute Gasteiger partial charge is 0.119 e. The Hall–Kier alpha value is -1.76. The molecule has 1 nitrogen and oxygen atoms in total. The molecule has 0 amide bonds. The largest absolute Gasteiger partial charge is 0.497 e. The van der Waals surface area contributed by atoms with Crippen LogP contribution in [0, 0.1) is 24.7 Å². The normalized spacial score (nSPS) is 29.9. The Morgan fingerprint density at radius 1 is 1.09 bits per heavy atom. The number of ether oxygens (including phenoxy) is 1. The molecule has 0 N–H and O–H groups in total. The fourth-order valence-corrected chi connectivity index (χ4v) is 4.91. The molecule has 1 aromatic rings. The second kappa shape index (κ2) is 5.12. The quantitative estimate of drug-likeness (QED) is 0.663. The molecular formula is C22H28O. The number of benzene rings is 1. The van der Waals surface area contributed by atoms with E-state index in [-0.39, 0.29) is 10.8 Å². The van der Waals surface area contributed by atoms with Crippen LogP contribution < -0.4 is 4.74 Å². The molecule has 2 atom stereocenters. The lowest BCUT2D eigenvalue weighted by Gasteiger charge is -2.41. The van der Waals surface area contributed by atoms with Gasteiger partial charge in [0.1, 0.15) is 5.75 Å². The van der Waals surface area contributed by atoms with Crippen LogP contribution in [0.1, 0.15) is 49.8 Å². The number of aryl methyl sites for hydroxylation is 2. The monoisotopic (exact) mass is 308 g/mol. The van der Waals surface area contributed by atoms with Crippen molar-refractivity contribution >= 4 is 5.57 Å². The molecule has 1 fully saturated rings. The van der Waals surface area contributed by atoms with Crippen molar-refractivity contribution < 1.29 is 4.74 Å². The minimum Gasteiger partial charge on any atom is -0.497 e. The van der Waals surface area contributed by atoms with E-state index in [1.54, 1.807) is 7.11 Å². The molecule has 2 aliphatic carbocycles. The number of hydrogen-bond acceptors (Lipinski definition) is 1. The van der Waals surface area contributed by atoms with E-state index in [1.807, 2.05) is 0 Å². The van der Waals surface area contributed by atoms with Crippen molar-refractivity contribution in [3.8, 4) is 5.75 Å². The maximum atomic E-state index is 5.43. The second-order valence-electron chi connectivity index (χ2n) is 7.91. The van der Waals surface area contributed by atoms with Crippen LogP contribution in [0.2, 0.25) is 0 Å². The van der Waals surface area contributed by atoms with E-state index in [1.165, 1.54) is 52.7 Å². The summed E-state index contributed by atoms with van der Waals surface area (Å²) in [6.45, 7) is 17.8. The highest BCUT2D eigenvalue weighted by molar-refractivity contribution is 5.89. The predicted molar refractivity (Wildman–Crippen MR) is 98.8 cm³/mol. The van der Waals surface area contributed by atoms with E-state index in [9.17, 15) is 0 Å². The number of rotatable bonds is 3. The van der Waals surface area contributed by atoms with Crippen LogP contribution in [-0.2, 0) is 0 Å². The first-order valence-electron chi connectivity index (χ1n) is 8.48. The fraction of sp³-hybridized carbons (Fsp3) is 0.455. The van der Waals surface area contributed by atoms with E-state index >= 15 is 0 Å². The molecule has 0 spiro atoms. The summed E-state index contributed by atoms with van der Waals surface area (Å²) in [6, 6.07) is 4.26. The van der Waals surface area contributed by atoms with Crippen LogP contribution in [-0.4, -0.2) is 7.11 Å². The van der Waals surface area contributed by atoms with Crippen molar-refractivity contribution in [1.29, 1.82) is 0 Å². The van der Waals surface area contributed by atoms with Crippen LogP contribution in [0.3, 0.4) is 0 Å². The van der Waals surface area contributed by atoms with Gasteiger partial charge in [-0.3, -0.25) is 0 Å². The van der Waals surface area contributed by atoms with Crippen molar-refractivity contribution in [3.63, 3.8) is 0 Å². The van der Waals surface area contributed by atoms with Crippen molar-refractivity contribution in [1.82, 2.24) is 0 Å². The van der Waals surface area contributed by atoms with Crippen LogP contribution in [0.25, 0.3) is 5.57 Å². The Bertz CT molecular complexity index is 713. The summed E-state index contributed by atoms with van der Waals surface area (Å²) >= 11 is 0. The molecule has 122 valence electrons. The Morgan fingerprint density at radius 3 is 2.17 bits per heavy atom. The maximum absolute atomic E-state index is 5.43. The lowest BCUT2D eigenvalue weighted by Crippen LogP contribution is -2.28. The summed E-state index contributed by atoms with van der Waals surface area (Å²) < 4.78 is 5.43. The molecule has 2 aliphatic rings. The van der Waals surface area contributed by atoms with Gasteiger partial charge in [0.25, 0.3) is 0 Å². The van der Waals surface area contributed by atoms with Crippen molar-refractivity contribution in [3.05, 3.63) is 59.2 Å². The summed E-state index contributed by atoms with van der Waals surface area (Å²) in [5, 5.41) is 0. The molecule has 0 aromatic heterocycles. The third-order valence-corrected chi connectivity index (χ3v) is 6.15. The average Bonchev–Trinajstić information content (AvgIpc) is 2.78. The zero-order valence-corrected chi connectivity index (χ0v) is 15.2. The van der Waals surface area contributed by atoms with Crippen LogP contribution >= 0.6 is 0 Å². The summed E-state index contributed by atoms with van der Waals surface area (Å²) in [4.78, 5) is 0. The Balaban J connectivity index is 2.31. The van der Waals surface area contributed by atoms with E-state index in [0.717, 1.165) is 5.75 Å². The first-order chi connectivity index (χ1) is 10.8. The molecular weight excluding hydrogens is 280 g/mol. The maximum Gasteiger partial charge on any atom is 0.119 e. The van der Waals surface area contributed by atoms with Crippen molar-refractivity contribution in [2.75, 3.05) is 7.11 Å². The summed E-state index contributed by atoms with van der Waals surface area (Å²) in [5.41, 5.74) is 8.29. The molecule has 0 saturated heterocycles. The highest BCUT2D eigenvalue weighted by Gasteiger charge is 2.51. The second-order valence-corrected chi connectivity index (χ2v) is 7.91. The van der Waals surface area contributed by atoms with Gasteiger partial charge in [-0.2, -0.15) is 0 Å². The average molecular weight is 308 g/mol. The van der Waals surface area contributed by atoms with E-state index in [0.29, 0.717) is 0 Å². The SMILES string of the molecule is C=CC1=C(c2c(C)cc(OC)cc2C)C(=C)C2(C)CCC1(C)C2. The van der Waals surface area contributed by atoms with Gasteiger partial charge in [-0.1, -0.05) is 33.1 Å². The molecule has 3 rings (SSSR count). The van der Waals surface area contributed by atoms with Gasteiger partial charge in [0, 0.05) is 0 Å². The molecule has 1 heteroatoms. The van der Waals surface area contributed by atoms with Crippen molar-refractivity contribution in [2.24, 2.45) is 10.8 Å². The minimum absolute atomic E-state index is 0.218. The molecule has 0 radical (unpaired) electrons. The van der Waals surface area contributed by atoms with E-state index in [4.69, 9.17) is 4.74 Å².